The van der Waals surface area contributed by atoms with Crippen LogP contribution in [0.15, 0.2) is 48.5 Å². The number of nitrogens with one attached hydrogen (secondary N) is 1. The first kappa shape index (κ1) is 18.7. The maximum absolute atomic E-state index is 12.0. The number of carbonyl (C=O) groups excluding carboxylic acids is 2. The van der Waals surface area contributed by atoms with Crippen LogP contribution in [0.4, 0.5) is 5.69 Å². The Bertz CT molecular complexity index is 710. The van der Waals surface area contributed by atoms with Gasteiger partial charge in [-0.3, -0.25) is 9.59 Å². The molecule has 0 fully saturated rings. The highest BCUT2D eigenvalue weighted by atomic mass is 16.5. The standard InChI is InChI=1S/C21H25NO3/c1-16-10-11-19(17(2)15-16)22-20(23)12-13-21(24)25-14-6-9-18-7-4-3-5-8-18/h3-5,7-8,10-11,15H,6,9,12-14H2,1-2H3,(H,22,23). The number of esters is 1. The minimum Gasteiger partial charge on any atom is -0.466 e. The Kier molecular flexibility index (Phi) is 7.20. The quantitative estimate of drug-likeness (QED) is 0.579. The molecule has 25 heavy (non-hydrogen) atoms. The van der Waals surface area contributed by atoms with E-state index >= 15 is 0 Å². The van der Waals surface area contributed by atoms with Crippen molar-refractivity contribution in [2.45, 2.75) is 39.5 Å². The van der Waals surface area contributed by atoms with E-state index in [9.17, 15) is 9.59 Å². The fraction of sp³-hybridized carbons (Fsp3) is 0.333. The minimum atomic E-state index is -0.330. The summed E-state index contributed by atoms with van der Waals surface area (Å²) in [5.41, 5.74) is 4.17. The molecule has 2 aromatic rings. The fourth-order valence-electron chi connectivity index (χ4n) is 2.56. The fourth-order valence-corrected chi connectivity index (χ4v) is 2.56. The van der Waals surface area contributed by atoms with Crippen molar-refractivity contribution in [2.24, 2.45) is 0 Å². The average molecular weight is 339 g/mol. The van der Waals surface area contributed by atoms with E-state index in [1.54, 1.807) is 0 Å². The van der Waals surface area contributed by atoms with E-state index in [1.807, 2.05) is 50.2 Å². The van der Waals surface area contributed by atoms with E-state index in [1.165, 1.54) is 5.56 Å². The van der Waals surface area contributed by atoms with E-state index in [2.05, 4.69) is 17.4 Å². The topological polar surface area (TPSA) is 55.4 Å². The molecule has 0 aromatic heterocycles. The van der Waals surface area contributed by atoms with Crippen LogP contribution in [0, 0.1) is 13.8 Å². The summed E-state index contributed by atoms with van der Waals surface area (Å²) in [4.78, 5) is 23.7. The molecule has 4 nitrogen and oxygen atoms in total. The number of rotatable bonds is 8. The van der Waals surface area contributed by atoms with Gasteiger partial charge in [0.25, 0.3) is 0 Å². The van der Waals surface area contributed by atoms with Gasteiger partial charge in [-0.2, -0.15) is 0 Å². The molecule has 0 saturated heterocycles. The molecular weight excluding hydrogens is 314 g/mol. The number of hydrogen-bond acceptors (Lipinski definition) is 3. The van der Waals surface area contributed by atoms with Gasteiger partial charge in [0.2, 0.25) is 5.91 Å². The molecule has 132 valence electrons. The molecule has 0 saturated carbocycles. The van der Waals surface area contributed by atoms with Crippen molar-refractivity contribution in [3.63, 3.8) is 0 Å². The van der Waals surface area contributed by atoms with Crippen molar-refractivity contribution in [1.29, 1.82) is 0 Å². The van der Waals surface area contributed by atoms with Gasteiger partial charge in [0.15, 0.2) is 0 Å². The predicted octanol–water partition coefficient (Wildman–Crippen LogP) is 4.20. The van der Waals surface area contributed by atoms with Gasteiger partial charge in [-0.15, -0.1) is 0 Å². The Labute approximate surface area is 149 Å². The molecule has 0 spiro atoms. The van der Waals surface area contributed by atoms with Gasteiger partial charge in [0.1, 0.15) is 0 Å². The second-order valence-electron chi connectivity index (χ2n) is 6.18. The second-order valence-corrected chi connectivity index (χ2v) is 6.18. The largest absolute Gasteiger partial charge is 0.466 e. The van der Waals surface area contributed by atoms with Gasteiger partial charge in [-0.05, 0) is 43.9 Å². The summed E-state index contributed by atoms with van der Waals surface area (Å²) in [5, 5.41) is 2.83. The van der Waals surface area contributed by atoms with Crippen molar-refractivity contribution in [2.75, 3.05) is 11.9 Å². The van der Waals surface area contributed by atoms with E-state index in [4.69, 9.17) is 4.74 Å². The third kappa shape index (κ3) is 6.79. The summed E-state index contributed by atoms with van der Waals surface area (Å²) in [6, 6.07) is 15.9. The lowest BCUT2D eigenvalue weighted by Gasteiger charge is -2.09. The van der Waals surface area contributed by atoms with E-state index in [0.717, 1.165) is 29.7 Å². The van der Waals surface area contributed by atoms with Gasteiger partial charge < -0.3 is 10.1 Å². The number of aryl methyl sites for hydroxylation is 3. The zero-order chi connectivity index (χ0) is 18.1. The van der Waals surface area contributed by atoms with Gasteiger partial charge >= 0.3 is 5.97 Å². The highest BCUT2D eigenvalue weighted by molar-refractivity contribution is 5.93. The van der Waals surface area contributed by atoms with Crippen molar-refractivity contribution in [1.82, 2.24) is 0 Å². The average Bonchev–Trinajstić information content (AvgIpc) is 2.60. The summed E-state index contributed by atoms with van der Waals surface area (Å²) >= 11 is 0. The third-order valence-corrected chi connectivity index (χ3v) is 3.93. The molecule has 1 N–H and O–H groups in total. The SMILES string of the molecule is Cc1ccc(NC(=O)CCC(=O)OCCCc2ccccc2)c(C)c1. The summed E-state index contributed by atoms with van der Waals surface area (Å²) in [6.45, 7) is 4.34. The lowest BCUT2D eigenvalue weighted by molar-refractivity contribution is -0.144. The maximum atomic E-state index is 12.0. The molecule has 4 heteroatoms. The first-order valence-corrected chi connectivity index (χ1v) is 8.61. The molecular formula is C21H25NO3. The van der Waals surface area contributed by atoms with Crippen LogP contribution in [0.2, 0.25) is 0 Å². The van der Waals surface area contributed by atoms with E-state index < -0.39 is 0 Å². The van der Waals surface area contributed by atoms with Crippen molar-refractivity contribution < 1.29 is 14.3 Å². The highest BCUT2D eigenvalue weighted by Crippen LogP contribution is 2.16. The molecule has 2 rings (SSSR count). The lowest BCUT2D eigenvalue weighted by Crippen LogP contribution is -2.15. The molecule has 0 bridgehead atoms. The van der Waals surface area contributed by atoms with Gasteiger partial charge in [0.05, 0.1) is 13.0 Å². The number of ether oxygens (including phenoxy) is 1. The van der Waals surface area contributed by atoms with Crippen LogP contribution >= 0.6 is 0 Å². The molecule has 0 unspecified atom stereocenters. The van der Waals surface area contributed by atoms with Gasteiger partial charge in [0, 0.05) is 12.1 Å². The number of carbonyl (C=O) groups is 2. The molecule has 0 atom stereocenters. The van der Waals surface area contributed by atoms with Crippen molar-refractivity contribution in [3.8, 4) is 0 Å². The van der Waals surface area contributed by atoms with Gasteiger partial charge in [-0.1, -0.05) is 48.0 Å². The molecule has 0 radical (unpaired) electrons. The lowest BCUT2D eigenvalue weighted by atomic mass is 10.1. The highest BCUT2D eigenvalue weighted by Gasteiger charge is 2.09. The molecule has 0 aliphatic heterocycles. The molecule has 0 heterocycles. The Morgan fingerprint density at radius 1 is 1.00 bits per heavy atom. The Balaban J connectivity index is 1.63. The predicted molar refractivity (Wildman–Crippen MR) is 99.5 cm³/mol. The Hall–Kier alpha value is -2.62. The van der Waals surface area contributed by atoms with Crippen LogP contribution in [0.5, 0.6) is 0 Å². The smallest absolute Gasteiger partial charge is 0.306 e. The van der Waals surface area contributed by atoms with Crippen LogP contribution in [0.25, 0.3) is 0 Å². The summed E-state index contributed by atoms with van der Waals surface area (Å²) in [6.07, 6.45) is 1.89. The van der Waals surface area contributed by atoms with Gasteiger partial charge in [-0.25, -0.2) is 0 Å². The van der Waals surface area contributed by atoms with Crippen molar-refractivity contribution in [3.05, 3.63) is 65.2 Å². The second kappa shape index (κ2) is 9.62. The number of hydrogen-bond donors (Lipinski definition) is 1. The monoisotopic (exact) mass is 339 g/mol. The number of anilines is 1. The maximum Gasteiger partial charge on any atom is 0.306 e. The number of amides is 1. The Morgan fingerprint density at radius 2 is 1.76 bits per heavy atom. The first-order chi connectivity index (χ1) is 12.0. The summed E-state index contributed by atoms with van der Waals surface area (Å²) in [5.74, 6) is -0.503. The van der Waals surface area contributed by atoms with Crippen LogP contribution in [0.1, 0.15) is 36.0 Å². The molecule has 1 amide bonds. The van der Waals surface area contributed by atoms with Crippen LogP contribution in [-0.4, -0.2) is 18.5 Å². The zero-order valence-electron chi connectivity index (χ0n) is 14.9. The van der Waals surface area contributed by atoms with Crippen LogP contribution in [-0.2, 0) is 20.7 Å². The zero-order valence-corrected chi connectivity index (χ0v) is 14.9. The third-order valence-electron chi connectivity index (χ3n) is 3.93. The minimum absolute atomic E-state index is 0.0993. The molecule has 2 aromatic carbocycles. The van der Waals surface area contributed by atoms with Crippen molar-refractivity contribution >= 4 is 17.6 Å². The van der Waals surface area contributed by atoms with Crippen LogP contribution < -0.4 is 5.32 Å². The summed E-state index contributed by atoms with van der Waals surface area (Å²) in [7, 11) is 0. The van der Waals surface area contributed by atoms with E-state index in [0.29, 0.717) is 6.61 Å². The number of benzene rings is 2. The van der Waals surface area contributed by atoms with E-state index in [-0.39, 0.29) is 24.7 Å². The van der Waals surface area contributed by atoms with Crippen LogP contribution in [0.3, 0.4) is 0 Å². The first-order valence-electron chi connectivity index (χ1n) is 8.61. The normalized spacial score (nSPS) is 10.3. The summed E-state index contributed by atoms with van der Waals surface area (Å²) < 4.78 is 5.18. The molecule has 0 aliphatic carbocycles. The Morgan fingerprint density at radius 3 is 2.48 bits per heavy atom. The molecule has 0 aliphatic rings.